The summed E-state index contributed by atoms with van der Waals surface area (Å²) in [6.45, 7) is 10.6. The number of rotatable bonds is 3. The van der Waals surface area contributed by atoms with Gasteiger partial charge in [0.15, 0.2) is 0 Å². The molecule has 2 aromatic rings. The predicted molar refractivity (Wildman–Crippen MR) is 86.5 cm³/mol. The Morgan fingerprint density at radius 3 is 2.52 bits per heavy atom. The van der Waals surface area contributed by atoms with E-state index in [1.807, 2.05) is 13.2 Å². The third-order valence-electron chi connectivity index (χ3n) is 3.84. The lowest BCUT2D eigenvalue weighted by molar-refractivity contribution is 0.175. The molecule has 0 bridgehead atoms. The van der Waals surface area contributed by atoms with Gasteiger partial charge in [-0.1, -0.05) is 44.5 Å². The van der Waals surface area contributed by atoms with Crippen LogP contribution in [0.3, 0.4) is 0 Å². The zero-order valence-corrected chi connectivity index (χ0v) is 13.9. The lowest BCUT2D eigenvalue weighted by atomic mass is 9.86. The molecule has 0 spiro atoms. The van der Waals surface area contributed by atoms with E-state index in [2.05, 4.69) is 57.9 Å². The van der Waals surface area contributed by atoms with Crippen LogP contribution < -0.4 is 0 Å². The van der Waals surface area contributed by atoms with Crippen molar-refractivity contribution in [3.63, 3.8) is 0 Å². The van der Waals surface area contributed by atoms with Gasteiger partial charge in [-0.2, -0.15) is 5.10 Å². The summed E-state index contributed by atoms with van der Waals surface area (Å²) < 4.78 is 1.79. The van der Waals surface area contributed by atoms with E-state index in [1.165, 1.54) is 16.7 Å². The fourth-order valence-corrected chi connectivity index (χ4v) is 2.67. The Morgan fingerprint density at radius 1 is 1.24 bits per heavy atom. The van der Waals surface area contributed by atoms with E-state index in [9.17, 15) is 5.11 Å². The maximum atomic E-state index is 10.7. The van der Waals surface area contributed by atoms with E-state index in [0.717, 1.165) is 11.3 Å². The second kappa shape index (κ2) is 5.64. The highest BCUT2D eigenvalue weighted by atomic mass is 16.3. The van der Waals surface area contributed by atoms with E-state index in [-0.39, 0.29) is 5.41 Å². The first-order valence-electron chi connectivity index (χ1n) is 7.46. The maximum Gasteiger partial charge on any atom is 0.0863 e. The van der Waals surface area contributed by atoms with Crippen molar-refractivity contribution in [1.82, 2.24) is 9.78 Å². The first-order chi connectivity index (χ1) is 9.68. The molecule has 3 heteroatoms. The van der Waals surface area contributed by atoms with Crippen LogP contribution in [0, 0.1) is 13.8 Å². The van der Waals surface area contributed by atoms with Crippen LogP contribution in [0.4, 0.5) is 0 Å². The molecule has 0 radical (unpaired) electrons. The second-order valence-electron chi connectivity index (χ2n) is 7.01. The van der Waals surface area contributed by atoms with Crippen LogP contribution in [0.5, 0.6) is 0 Å². The number of aliphatic hydroxyl groups is 1. The molecule has 2 rings (SSSR count). The van der Waals surface area contributed by atoms with Gasteiger partial charge in [-0.25, -0.2) is 0 Å². The zero-order chi connectivity index (χ0) is 15.8. The van der Waals surface area contributed by atoms with Crippen LogP contribution in [-0.4, -0.2) is 14.9 Å². The highest BCUT2D eigenvalue weighted by molar-refractivity contribution is 5.33. The first-order valence-corrected chi connectivity index (χ1v) is 7.46. The molecule has 1 atom stereocenters. The average molecular weight is 286 g/mol. The molecule has 0 aliphatic heterocycles. The van der Waals surface area contributed by atoms with Gasteiger partial charge >= 0.3 is 0 Å². The fraction of sp³-hybridized carbons (Fsp3) is 0.500. The molecular weight excluding hydrogens is 260 g/mol. The van der Waals surface area contributed by atoms with Crippen molar-refractivity contribution < 1.29 is 5.11 Å². The number of hydrogen-bond donors (Lipinski definition) is 1. The molecule has 1 aromatic carbocycles. The molecule has 114 valence electrons. The van der Waals surface area contributed by atoms with Gasteiger partial charge < -0.3 is 5.11 Å². The number of nitrogens with zero attached hydrogens (tertiary/aromatic N) is 2. The smallest absolute Gasteiger partial charge is 0.0863 e. The van der Waals surface area contributed by atoms with Gasteiger partial charge in [0.05, 0.1) is 11.8 Å². The van der Waals surface area contributed by atoms with Crippen molar-refractivity contribution in [3.8, 4) is 0 Å². The van der Waals surface area contributed by atoms with Crippen molar-refractivity contribution in [2.75, 3.05) is 0 Å². The fourth-order valence-electron chi connectivity index (χ4n) is 2.67. The molecule has 0 aliphatic rings. The number of aryl methyl sites for hydroxylation is 3. The molecule has 1 heterocycles. The lowest BCUT2D eigenvalue weighted by Crippen LogP contribution is -2.17. The summed E-state index contributed by atoms with van der Waals surface area (Å²) in [6.07, 6.45) is 2.05. The summed E-state index contributed by atoms with van der Waals surface area (Å²) in [7, 11) is 1.91. The highest BCUT2D eigenvalue weighted by Crippen LogP contribution is 2.30. The van der Waals surface area contributed by atoms with Gasteiger partial charge in [0.1, 0.15) is 0 Å². The Bertz CT molecular complexity index is 635. The third-order valence-corrected chi connectivity index (χ3v) is 3.84. The van der Waals surface area contributed by atoms with Crippen LogP contribution in [-0.2, 0) is 18.9 Å². The zero-order valence-electron chi connectivity index (χ0n) is 13.9. The quantitative estimate of drug-likeness (QED) is 0.936. The number of aromatic nitrogens is 2. The number of benzene rings is 1. The summed E-state index contributed by atoms with van der Waals surface area (Å²) >= 11 is 0. The molecule has 0 aliphatic carbocycles. The Hall–Kier alpha value is -1.61. The SMILES string of the molecule is Cc1ccc(C)c(CC(O)c2cn(C)nc2C(C)(C)C)c1. The van der Waals surface area contributed by atoms with Crippen LogP contribution in [0.15, 0.2) is 24.4 Å². The summed E-state index contributed by atoms with van der Waals surface area (Å²) in [6, 6.07) is 6.38. The second-order valence-corrected chi connectivity index (χ2v) is 7.01. The molecule has 0 amide bonds. The molecule has 0 fully saturated rings. The van der Waals surface area contributed by atoms with E-state index in [4.69, 9.17) is 0 Å². The van der Waals surface area contributed by atoms with E-state index >= 15 is 0 Å². The Morgan fingerprint density at radius 2 is 1.90 bits per heavy atom. The van der Waals surface area contributed by atoms with Gasteiger partial charge in [0.2, 0.25) is 0 Å². The molecule has 1 aromatic heterocycles. The van der Waals surface area contributed by atoms with Gasteiger partial charge in [0.25, 0.3) is 0 Å². The molecule has 0 saturated carbocycles. The van der Waals surface area contributed by atoms with Crippen molar-refractivity contribution >= 4 is 0 Å². The Balaban J connectivity index is 2.33. The molecule has 1 N–H and O–H groups in total. The molecule has 0 saturated heterocycles. The van der Waals surface area contributed by atoms with Gasteiger partial charge in [-0.3, -0.25) is 4.68 Å². The Kier molecular flexibility index (Phi) is 4.24. The van der Waals surface area contributed by atoms with Crippen LogP contribution in [0.2, 0.25) is 0 Å². The first kappa shape index (κ1) is 15.8. The van der Waals surface area contributed by atoms with Gasteiger partial charge in [0, 0.05) is 30.6 Å². The number of aliphatic hydroxyl groups excluding tert-OH is 1. The Labute approximate surface area is 127 Å². The largest absolute Gasteiger partial charge is 0.388 e. The molecular formula is C18H26N2O. The van der Waals surface area contributed by atoms with Gasteiger partial charge in [-0.05, 0) is 25.0 Å². The minimum absolute atomic E-state index is 0.0702. The minimum Gasteiger partial charge on any atom is -0.388 e. The van der Waals surface area contributed by atoms with Crippen LogP contribution >= 0.6 is 0 Å². The monoisotopic (exact) mass is 286 g/mol. The average Bonchev–Trinajstić information content (AvgIpc) is 2.76. The predicted octanol–water partition coefficient (Wildman–Crippen LogP) is 3.61. The summed E-state index contributed by atoms with van der Waals surface area (Å²) in [5.41, 5.74) is 5.49. The maximum absolute atomic E-state index is 10.7. The summed E-state index contributed by atoms with van der Waals surface area (Å²) in [4.78, 5) is 0. The van der Waals surface area contributed by atoms with Crippen molar-refractivity contribution in [2.24, 2.45) is 7.05 Å². The van der Waals surface area contributed by atoms with Crippen molar-refractivity contribution in [3.05, 3.63) is 52.3 Å². The number of hydrogen-bond acceptors (Lipinski definition) is 2. The van der Waals surface area contributed by atoms with Crippen molar-refractivity contribution in [1.29, 1.82) is 0 Å². The minimum atomic E-state index is -0.520. The summed E-state index contributed by atoms with van der Waals surface area (Å²) in [5.74, 6) is 0. The topological polar surface area (TPSA) is 38.0 Å². The van der Waals surface area contributed by atoms with E-state index in [1.54, 1.807) is 4.68 Å². The molecule has 21 heavy (non-hydrogen) atoms. The third kappa shape index (κ3) is 3.53. The highest BCUT2D eigenvalue weighted by Gasteiger charge is 2.26. The molecule has 1 unspecified atom stereocenters. The van der Waals surface area contributed by atoms with E-state index in [0.29, 0.717) is 6.42 Å². The summed E-state index contributed by atoms with van der Waals surface area (Å²) in [5, 5.41) is 15.2. The lowest BCUT2D eigenvalue weighted by Gasteiger charge is -2.20. The van der Waals surface area contributed by atoms with Crippen LogP contribution in [0.1, 0.15) is 54.8 Å². The van der Waals surface area contributed by atoms with Crippen molar-refractivity contribution in [2.45, 2.75) is 52.6 Å². The van der Waals surface area contributed by atoms with Crippen LogP contribution in [0.25, 0.3) is 0 Å². The normalized spacial score (nSPS) is 13.5. The standard InChI is InChI=1S/C18H26N2O/c1-12-7-8-13(2)14(9-12)10-16(21)15-11-20(6)19-17(15)18(3,4)5/h7-9,11,16,21H,10H2,1-6H3. The van der Waals surface area contributed by atoms with Gasteiger partial charge in [-0.15, -0.1) is 0 Å². The molecule has 3 nitrogen and oxygen atoms in total. The van der Waals surface area contributed by atoms with E-state index < -0.39 is 6.10 Å².